The van der Waals surface area contributed by atoms with Crippen LogP contribution in [0, 0.1) is 10.1 Å². The number of thioether (sulfide) groups is 1. The average Bonchev–Trinajstić information content (AvgIpc) is 3.06. The third-order valence-corrected chi connectivity index (χ3v) is 4.09. The summed E-state index contributed by atoms with van der Waals surface area (Å²) in [5.41, 5.74) is 0.367. The molecule has 1 N–H and O–H groups in total. The molecule has 116 valence electrons. The van der Waals surface area contributed by atoms with Crippen LogP contribution in [0.4, 0.5) is 10.5 Å². The fraction of sp³-hybridized carbons (Fsp3) is 0. The molecule has 23 heavy (non-hydrogen) atoms. The van der Waals surface area contributed by atoms with E-state index < -0.39 is 16.1 Å². The fourth-order valence-corrected chi connectivity index (χ4v) is 2.87. The Morgan fingerprint density at radius 3 is 2.65 bits per heavy atom. The predicted molar refractivity (Wildman–Crippen MR) is 84.9 cm³/mol. The van der Waals surface area contributed by atoms with Crippen molar-refractivity contribution in [2.45, 2.75) is 0 Å². The van der Waals surface area contributed by atoms with Crippen molar-refractivity contribution in [1.82, 2.24) is 5.32 Å². The molecular formula is C14H7ClN2O5S. The molecule has 0 aliphatic carbocycles. The summed E-state index contributed by atoms with van der Waals surface area (Å²) >= 11 is 6.82. The topological polar surface area (TPSA) is 102 Å². The number of amides is 2. The lowest BCUT2D eigenvalue weighted by Gasteiger charge is -2.00. The second kappa shape index (κ2) is 5.90. The molecule has 1 aliphatic heterocycles. The minimum absolute atomic E-state index is 0.120. The molecule has 9 heteroatoms. The van der Waals surface area contributed by atoms with E-state index >= 15 is 0 Å². The third kappa shape index (κ3) is 3.13. The number of furan rings is 1. The number of imide groups is 1. The lowest BCUT2D eigenvalue weighted by molar-refractivity contribution is -0.384. The molecule has 1 aliphatic rings. The number of hydrogen-bond acceptors (Lipinski definition) is 6. The van der Waals surface area contributed by atoms with Gasteiger partial charge in [-0.1, -0.05) is 11.6 Å². The van der Waals surface area contributed by atoms with Crippen molar-refractivity contribution < 1.29 is 18.9 Å². The number of halogens is 1. The summed E-state index contributed by atoms with van der Waals surface area (Å²) in [4.78, 5) is 33.0. The normalized spacial score (nSPS) is 16.0. The minimum Gasteiger partial charge on any atom is -0.457 e. The van der Waals surface area contributed by atoms with Gasteiger partial charge in [0.1, 0.15) is 11.5 Å². The molecule has 1 saturated heterocycles. The molecule has 2 aromatic rings. The number of nitro groups is 1. The lowest BCUT2D eigenvalue weighted by atomic mass is 10.1. The van der Waals surface area contributed by atoms with Gasteiger partial charge in [-0.2, -0.15) is 0 Å². The molecule has 0 spiro atoms. The Kier molecular flexibility index (Phi) is 3.93. The van der Waals surface area contributed by atoms with Crippen molar-refractivity contribution in [3.63, 3.8) is 0 Å². The van der Waals surface area contributed by atoms with Crippen LogP contribution in [-0.2, 0) is 4.79 Å². The van der Waals surface area contributed by atoms with E-state index in [2.05, 4.69) is 5.32 Å². The minimum atomic E-state index is -0.541. The van der Waals surface area contributed by atoms with E-state index in [4.69, 9.17) is 16.0 Å². The van der Waals surface area contributed by atoms with Crippen molar-refractivity contribution in [2.75, 3.05) is 0 Å². The Bertz CT molecular complexity index is 874. The number of hydrogen-bond donors (Lipinski definition) is 1. The van der Waals surface area contributed by atoms with Crippen LogP contribution in [0.25, 0.3) is 17.4 Å². The van der Waals surface area contributed by atoms with Crippen molar-refractivity contribution in [2.24, 2.45) is 0 Å². The van der Waals surface area contributed by atoms with Gasteiger partial charge in [0.25, 0.3) is 16.8 Å². The van der Waals surface area contributed by atoms with Gasteiger partial charge in [0, 0.05) is 23.8 Å². The zero-order valence-corrected chi connectivity index (χ0v) is 12.8. The van der Waals surface area contributed by atoms with E-state index in [-0.39, 0.29) is 15.6 Å². The van der Waals surface area contributed by atoms with Gasteiger partial charge in [-0.05, 0) is 30.0 Å². The van der Waals surface area contributed by atoms with Gasteiger partial charge in [0.05, 0.1) is 14.9 Å². The number of nitrogens with zero attached hydrogens (tertiary/aromatic N) is 1. The highest BCUT2D eigenvalue weighted by Crippen LogP contribution is 2.33. The number of carbonyl (C=O) groups excluding carboxylic acids is 2. The van der Waals surface area contributed by atoms with E-state index in [0.29, 0.717) is 17.1 Å². The lowest BCUT2D eigenvalue weighted by Crippen LogP contribution is -2.17. The first-order chi connectivity index (χ1) is 10.9. The van der Waals surface area contributed by atoms with Crippen molar-refractivity contribution in [3.05, 3.63) is 56.1 Å². The molecule has 0 saturated carbocycles. The number of nitro benzene ring substituents is 1. The van der Waals surface area contributed by atoms with E-state index in [1.54, 1.807) is 12.1 Å². The summed E-state index contributed by atoms with van der Waals surface area (Å²) in [5.74, 6) is 0.277. The van der Waals surface area contributed by atoms with E-state index in [1.165, 1.54) is 24.3 Å². The SMILES string of the molecule is O=C1NC(=O)C(=Cc2ccc(-c3ccc([N+](=O)[O-])cc3Cl)o2)S1. The maximum atomic E-state index is 11.5. The second-order valence-electron chi connectivity index (χ2n) is 4.48. The monoisotopic (exact) mass is 350 g/mol. The van der Waals surface area contributed by atoms with Crippen molar-refractivity contribution >= 4 is 46.3 Å². The van der Waals surface area contributed by atoms with Gasteiger partial charge in [-0.25, -0.2) is 0 Å². The standard InChI is InChI=1S/C14H7ClN2O5S/c15-10-5-7(17(20)21)1-3-9(10)11-4-2-8(22-11)6-12-13(18)16-14(19)23-12/h1-6H,(H,16,18,19). The van der Waals surface area contributed by atoms with Crippen LogP contribution >= 0.6 is 23.4 Å². The van der Waals surface area contributed by atoms with Crippen LogP contribution in [0.2, 0.25) is 5.02 Å². The molecular weight excluding hydrogens is 344 g/mol. The number of non-ortho nitro benzene ring substituents is 1. The van der Waals surface area contributed by atoms with Gasteiger partial charge in [0.15, 0.2) is 0 Å². The second-order valence-corrected chi connectivity index (χ2v) is 5.90. The summed E-state index contributed by atoms with van der Waals surface area (Å²) < 4.78 is 5.56. The van der Waals surface area contributed by atoms with Crippen LogP contribution in [-0.4, -0.2) is 16.1 Å². The summed E-state index contributed by atoms with van der Waals surface area (Å²) in [6, 6.07) is 7.27. The molecule has 0 atom stereocenters. The first-order valence-electron chi connectivity index (χ1n) is 6.23. The highest BCUT2D eigenvalue weighted by Gasteiger charge is 2.25. The fourth-order valence-electron chi connectivity index (χ4n) is 1.94. The van der Waals surface area contributed by atoms with Crippen LogP contribution in [0.1, 0.15) is 5.76 Å². The number of carbonyl (C=O) groups is 2. The van der Waals surface area contributed by atoms with Crippen LogP contribution < -0.4 is 5.32 Å². The van der Waals surface area contributed by atoms with Crippen LogP contribution in [0.5, 0.6) is 0 Å². The molecule has 1 aromatic heterocycles. The predicted octanol–water partition coefficient (Wildman–Crippen LogP) is 3.83. The molecule has 3 rings (SSSR count). The zero-order valence-electron chi connectivity index (χ0n) is 11.2. The van der Waals surface area contributed by atoms with Crippen LogP contribution in [0.3, 0.4) is 0 Å². The van der Waals surface area contributed by atoms with E-state index in [0.717, 1.165) is 11.8 Å². The Balaban J connectivity index is 1.91. The van der Waals surface area contributed by atoms with Gasteiger partial charge < -0.3 is 4.42 Å². The number of benzene rings is 1. The quantitative estimate of drug-likeness (QED) is 0.512. The van der Waals surface area contributed by atoms with Crippen molar-refractivity contribution in [3.8, 4) is 11.3 Å². The van der Waals surface area contributed by atoms with Crippen LogP contribution in [0.15, 0.2) is 39.7 Å². The highest BCUT2D eigenvalue weighted by atomic mass is 35.5. The van der Waals surface area contributed by atoms with Crippen molar-refractivity contribution in [1.29, 1.82) is 0 Å². The Hall–Kier alpha value is -2.58. The molecule has 7 nitrogen and oxygen atoms in total. The average molecular weight is 351 g/mol. The summed E-state index contributed by atoms with van der Waals surface area (Å²) in [5, 5.41) is 12.6. The maximum Gasteiger partial charge on any atom is 0.290 e. The molecule has 2 amide bonds. The first kappa shape index (κ1) is 15.3. The number of rotatable bonds is 3. The van der Waals surface area contributed by atoms with E-state index in [1.807, 2.05) is 0 Å². The van der Waals surface area contributed by atoms with Gasteiger partial charge in [-0.15, -0.1) is 0 Å². The summed E-state index contributed by atoms with van der Waals surface area (Å²) in [6.45, 7) is 0. The Morgan fingerprint density at radius 2 is 2.04 bits per heavy atom. The highest BCUT2D eigenvalue weighted by molar-refractivity contribution is 8.18. The van der Waals surface area contributed by atoms with Gasteiger partial charge in [-0.3, -0.25) is 25.0 Å². The molecule has 0 bridgehead atoms. The maximum absolute atomic E-state index is 11.5. The summed E-state index contributed by atoms with van der Waals surface area (Å²) in [7, 11) is 0. The molecule has 0 unspecified atom stereocenters. The number of nitrogens with one attached hydrogen (secondary N) is 1. The van der Waals surface area contributed by atoms with Gasteiger partial charge >= 0.3 is 0 Å². The summed E-state index contributed by atoms with van der Waals surface area (Å²) in [6.07, 6.45) is 1.44. The molecule has 1 aromatic carbocycles. The first-order valence-corrected chi connectivity index (χ1v) is 7.42. The molecule has 1 fully saturated rings. The Morgan fingerprint density at radius 1 is 1.26 bits per heavy atom. The molecule has 2 heterocycles. The van der Waals surface area contributed by atoms with E-state index in [9.17, 15) is 19.7 Å². The smallest absolute Gasteiger partial charge is 0.290 e. The molecule has 0 radical (unpaired) electrons. The Labute approximate surface area is 138 Å². The van der Waals surface area contributed by atoms with Gasteiger partial charge in [0.2, 0.25) is 0 Å². The third-order valence-electron chi connectivity index (χ3n) is 2.97. The zero-order chi connectivity index (χ0) is 16.6. The largest absolute Gasteiger partial charge is 0.457 e.